The van der Waals surface area contributed by atoms with Crippen LogP contribution in [0, 0.1) is 0 Å². The van der Waals surface area contributed by atoms with Gasteiger partial charge in [0.05, 0.1) is 16.7 Å². The molecular formula is C14H9BrClN2O3-. The molecule has 0 saturated carbocycles. The Kier molecular flexibility index (Phi) is 4.50. The molecule has 1 amide bonds. The van der Waals surface area contributed by atoms with Crippen molar-refractivity contribution >= 4 is 50.8 Å². The van der Waals surface area contributed by atoms with Gasteiger partial charge in [0, 0.05) is 21.3 Å². The lowest BCUT2D eigenvalue weighted by atomic mass is 10.1. The van der Waals surface area contributed by atoms with Crippen molar-refractivity contribution in [3.8, 4) is 0 Å². The number of benzene rings is 2. The molecule has 0 bridgehead atoms. The number of amides is 1. The molecule has 2 aromatic carbocycles. The Balaban J connectivity index is 2.33. The predicted octanol–water partition coefficient (Wildman–Crippen LogP) is 2.30. The summed E-state index contributed by atoms with van der Waals surface area (Å²) in [4.78, 5) is 23.2. The monoisotopic (exact) mass is 367 g/mol. The number of nitrogens with two attached hydrogens (primary N) is 1. The normalized spacial score (nSPS) is 10.2. The molecule has 0 heterocycles. The lowest BCUT2D eigenvalue weighted by Crippen LogP contribution is -2.26. The molecule has 0 saturated heterocycles. The number of anilines is 2. The molecule has 0 aliphatic heterocycles. The number of carbonyl (C=O) groups is 2. The van der Waals surface area contributed by atoms with E-state index in [2.05, 4.69) is 21.2 Å². The third-order valence-electron chi connectivity index (χ3n) is 2.73. The van der Waals surface area contributed by atoms with Crippen LogP contribution >= 0.6 is 27.5 Å². The van der Waals surface area contributed by atoms with Gasteiger partial charge in [-0.05, 0) is 34.1 Å². The van der Waals surface area contributed by atoms with E-state index in [4.69, 9.17) is 17.3 Å². The minimum absolute atomic E-state index is 0.00145. The van der Waals surface area contributed by atoms with Crippen molar-refractivity contribution < 1.29 is 14.7 Å². The van der Waals surface area contributed by atoms with Crippen LogP contribution in [-0.4, -0.2) is 11.9 Å². The summed E-state index contributed by atoms with van der Waals surface area (Å²) in [6, 6.07) is 8.82. The van der Waals surface area contributed by atoms with Gasteiger partial charge in [0.1, 0.15) is 0 Å². The quantitative estimate of drug-likeness (QED) is 0.813. The molecule has 108 valence electrons. The largest absolute Gasteiger partial charge is 0.545 e. The van der Waals surface area contributed by atoms with Gasteiger partial charge < -0.3 is 21.0 Å². The number of hydrogen-bond acceptors (Lipinski definition) is 4. The van der Waals surface area contributed by atoms with Gasteiger partial charge in [-0.25, -0.2) is 0 Å². The predicted molar refractivity (Wildman–Crippen MR) is 82.3 cm³/mol. The molecule has 3 N–H and O–H groups in total. The number of carbonyl (C=O) groups excluding carboxylic acids is 2. The standard InChI is InChI=1S/C14H10BrClN2O3/c15-10-5-7(6-11(16)12(10)17)18-13(19)8-3-1-2-4-9(8)14(20)21/h1-6H,17H2,(H,18,19)(H,20,21)/p-1. The van der Waals surface area contributed by atoms with E-state index in [0.29, 0.717) is 15.8 Å². The van der Waals surface area contributed by atoms with Crippen LogP contribution in [0.15, 0.2) is 40.9 Å². The molecule has 5 nitrogen and oxygen atoms in total. The fraction of sp³-hybridized carbons (Fsp3) is 0. The Morgan fingerprint density at radius 2 is 1.81 bits per heavy atom. The Morgan fingerprint density at radius 3 is 2.38 bits per heavy atom. The third-order valence-corrected chi connectivity index (χ3v) is 3.70. The van der Waals surface area contributed by atoms with Gasteiger partial charge >= 0.3 is 0 Å². The maximum atomic E-state index is 12.2. The second-order valence-electron chi connectivity index (χ2n) is 4.14. The number of nitrogen functional groups attached to an aromatic ring is 1. The number of halogens is 2. The van der Waals surface area contributed by atoms with Gasteiger partial charge in [-0.3, -0.25) is 4.79 Å². The minimum Gasteiger partial charge on any atom is -0.545 e. The van der Waals surface area contributed by atoms with Gasteiger partial charge in [-0.2, -0.15) is 0 Å². The summed E-state index contributed by atoms with van der Waals surface area (Å²) < 4.78 is 0.526. The summed E-state index contributed by atoms with van der Waals surface area (Å²) in [6.45, 7) is 0. The smallest absolute Gasteiger partial charge is 0.256 e. The van der Waals surface area contributed by atoms with Gasteiger partial charge in [-0.1, -0.05) is 29.8 Å². The van der Waals surface area contributed by atoms with Crippen LogP contribution < -0.4 is 16.2 Å². The van der Waals surface area contributed by atoms with E-state index in [1.807, 2.05) is 0 Å². The van der Waals surface area contributed by atoms with Gasteiger partial charge in [0.25, 0.3) is 5.91 Å². The molecule has 0 radical (unpaired) electrons. The van der Waals surface area contributed by atoms with Crippen LogP contribution in [0.3, 0.4) is 0 Å². The number of carboxylic acid groups (broad SMARTS) is 1. The molecule has 0 spiro atoms. The maximum Gasteiger partial charge on any atom is 0.256 e. The molecule has 0 atom stereocenters. The molecule has 0 aliphatic rings. The van der Waals surface area contributed by atoms with Crippen molar-refractivity contribution in [2.24, 2.45) is 0 Å². The first-order chi connectivity index (χ1) is 9.90. The number of nitrogens with one attached hydrogen (secondary N) is 1. The zero-order chi connectivity index (χ0) is 15.6. The highest BCUT2D eigenvalue weighted by Crippen LogP contribution is 2.31. The van der Waals surface area contributed by atoms with Crippen LogP contribution in [0.25, 0.3) is 0 Å². The second-order valence-corrected chi connectivity index (χ2v) is 5.40. The molecule has 2 aromatic rings. The molecule has 21 heavy (non-hydrogen) atoms. The van der Waals surface area contributed by atoms with Crippen molar-refractivity contribution in [2.75, 3.05) is 11.1 Å². The molecular weight excluding hydrogens is 360 g/mol. The van der Waals surface area contributed by atoms with Gasteiger partial charge in [0.15, 0.2) is 0 Å². The van der Waals surface area contributed by atoms with E-state index < -0.39 is 11.9 Å². The van der Waals surface area contributed by atoms with E-state index in [-0.39, 0.29) is 16.1 Å². The lowest BCUT2D eigenvalue weighted by molar-refractivity contribution is -0.255. The first kappa shape index (κ1) is 15.3. The summed E-state index contributed by atoms with van der Waals surface area (Å²) in [5.41, 5.74) is 6.24. The zero-order valence-corrected chi connectivity index (χ0v) is 12.9. The number of rotatable bonds is 3. The van der Waals surface area contributed by atoms with E-state index in [9.17, 15) is 14.7 Å². The Bertz CT molecular complexity index is 711. The van der Waals surface area contributed by atoms with E-state index in [1.165, 1.54) is 24.3 Å². The summed E-state index contributed by atoms with van der Waals surface area (Å²) in [5, 5.41) is 13.8. The molecule has 0 aliphatic carbocycles. The van der Waals surface area contributed by atoms with Crippen LogP contribution in [-0.2, 0) is 0 Å². The molecule has 0 unspecified atom stereocenters. The van der Waals surface area contributed by atoms with Gasteiger partial charge in [-0.15, -0.1) is 0 Å². The van der Waals surface area contributed by atoms with Crippen molar-refractivity contribution in [3.05, 3.63) is 57.0 Å². The van der Waals surface area contributed by atoms with Crippen LogP contribution in [0.4, 0.5) is 11.4 Å². The number of aromatic carboxylic acids is 1. The highest BCUT2D eigenvalue weighted by atomic mass is 79.9. The molecule has 7 heteroatoms. The van der Waals surface area contributed by atoms with Gasteiger partial charge in [0.2, 0.25) is 0 Å². The van der Waals surface area contributed by atoms with Crippen LogP contribution in [0.1, 0.15) is 20.7 Å². The van der Waals surface area contributed by atoms with Crippen molar-refractivity contribution in [1.29, 1.82) is 0 Å². The first-order valence-corrected chi connectivity index (χ1v) is 6.93. The molecule has 0 fully saturated rings. The number of hydrogen-bond donors (Lipinski definition) is 2. The Labute approximate surface area is 133 Å². The second kappa shape index (κ2) is 6.15. The summed E-state index contributed by atoms with van der Waals surface area (Å²) in [7, 11) is 0. The first-order valence-electron chi connectivity index (χ1n) is 5.76. The minimum atomic E-state index is -1.42. The molecule has 2 rings (SSSR count). The van der Waals surface area contributed by atoms with E-state index in [0.717, 1.165) is 0 Å². The topological polar surface area (TPSA) is 95.2 Å². The Hall–Kier alpha value is -2.05. The summed E-state index contributed by atoms with van der Waals surface area (Å²) >= 11 is 9.14. The Morgan fingerprint density at radius 1 is 1.19 bits per heavy atom. The lowest BCUT2D eigenvalue weighted by Gasteiger charge is -2.12. The summed E-state index contributed by atoms with van der Waals surface area (Å²) in [6.07, 6.45) is 0. The van der Waals surface area contributed by atoms with E-state index in [1.54, 1.807) is 12.1 Å². The van der Waals surface area contributed by atoms with Crippen LogP contribution in [0.5, 0.6) is 0 Å². The van der Waals surface area contributed by atoms with Crippen LogP contribution in [0.2, 0.25) is 5.02 Å². The van der Waals surface area contributed by atoms with Crippen molar-refractivity contribution in [3.63, 3.8) is 0 Å². The maximum absolute atomic E-state index is 12.2. The summed E-state index contributed by atoms with van der Waals surface area (Å²) in [5.74, 6) is -2.00. The fourth-order valence-electron chi connectivity index (χ4n) is 1.71. The van der Waals surface area contributed by atoms with E-state index >= 15 is 0 Å². The highest BCUT2D eigenvalue weighted by molar-refractivity contribution is 9.10. The highest BCUT2D eigenvalue weighted by Gasteiger charge is 2.13. The third kappa shape index (κ3) is 3.34. The zero-order valence-electron chi connectivity index (χ0n) is 10.5. The van der Waals surface area contributed by atoms with Crippen molar-refractivity contribution in [1.82, 2.24) is 0 Å². The van der Waals surface area contributed by atoms with Crippen molar-refractivity contribution in [2.45, 2.75) is 0 Å². The average Bonchev–Trinajstić information content (AvgIpc) is 2.44. The fourth-order valence-corrected chi connectivity index (χ4v) is 2.51. The SMILES string of the molecule is Nc1c(Cl)cc(NC(=O)c2ccccc2C(=O)[O-])cc1Br. The number of carboxylic acids is 1. The molecule has 0 aromatic heterocycles. The average molecular weight is 369 g/mol.